The number of amides is 2. The maximum Gasteiger partial charge on any atom is 0.258 e. The van der Waals surface area contributed by atoms with E-state index in [-0.39, 0.29) is 11.8 Å². The van der Waals surface area contributed by atoms with Gasteiger partial charge in [-0.25, -0.2) is 0 Å². The highest BCUT2D eigenvalue weighted by atomic mass is 32.2. The van der Waals surface area contributed by atoms with E-state index < -0.39 is 0 Å². The van der Waals surface area contributed by atoms with Crippen LogP contribution in [0.5, 0.6) is 0 Å². The number of hydrogen-bond acceptors (Lipinski definition) is 3. The van der Waals surface area contributed by atoms with E-state index in [0.29, 0.717) is 12.0 Å². The van der Waals surface area contributed by atoms with Crippen molar-refractivity contribution in [1.29, 1.82) is 0 Å². The fourth-order valence-corrected chi connectivity index (χ4v) is 4.55. The molecule has 1 saturated heterocycles. The van der Waals surface area contributed by atoms with Crippen molar-refractivity contribution in [2.45, 2.75) is 30.6 Å². The summed E-state index contributed by atoms with van der Waals surface area (Å²) >= 11 is 1.81. The number of benzene rings is 2. The molecular formula is C21H22N2O2S. The number of fused-ring (bicyclic) bond motifs is 1. The van der Waals surface area contributed by atoms with Crippen LogP contribution in [-0.4, -0.2) is 30.7 Å². The molecule has 4 rings (SSSR count). The van der Waals surface area contributed by atoms with Gasteiger partial charge in [0.25, 0.3) is 5.91 Å². The molecule has 2 aliphatic heterocycles. The molecule has 26 heavy (non-hydrogen) atoms. The Labute approximate surface area is 158 Å². The first-order chi connectivity index (χ1) is 12.7. The molecule has 2 aromatic rings. The Morgan fingerprint density at radius 2 is 1.73 bits per heavy atom. The number of rotatable bonds is 2. The lowest BCUT2D eigenvalue weighted by molar-refractivity contribution is -0.119. The molecule has 0 aliphatic carbocycles. The molecule has 134 valence electrons. The highest BCUT2D eigenvalue weighted by Gasteiger charge is 2.23. The van der Waals surface area contributed by atoms with E-state index in [1.165, 1.54) is 0 Å². The minimum Gasteiger partial charge on any atom is -0.312 e. The van der Waals surface area contributed by atoms with E-state index in [0.717, 1.165) is 54.4 Å². The predicted molar refractivity (Wildman–Crippen MR) is 106 cm³/mol. The summed E-state index contributed by atoms with van der Waals surface area (Å²) in [6.45, 7) is 1.50. The van der Waals surface area contributed by atoms with Crippen molar-refractivity contribution >= 4 is 35.0 Å². The largest absolute Gasteiger partial charge is 0.312 e. The third kappa shape index (κ3) is 3.36. The first-order valence-corrected chi connectivity index (χ1v) is 10.2. The molecule has 5 heteroatoms. The summed E-state index contributed by atoms with van der Waals surface area (Å²) in [6.07, 6.45) is 3.60. The van der Waals surface area contributed by atoms with Crippen molar-refractivity contribution in [2.24, 2.45) is 0 Å². The van der Waals surface area contributed by atoms with Crippen LogP contribution < -0.4 is 9.80 Å². The molecule has 0 aromatic heterocycles. The summed E-state index contributed by atoms with van der Waals surface area (Å²) in [7, 11) is 0. The number of thioether (sulfide) groups is 1. The van der Waals surface area contributed by atoms with Crippen molar-refractivity contribution in [1.82, 2.24) is 0 Å². The van der Waals surface area contributed by atoms with Gasteiger partial charge in [-0.3, -0.25) is 9.59 Å². The van der Waals surface area contributed by atoms with E-state index in [2.05, 4.69) is 6.07 Å². The lowest BCUT2D eigenvalue weighted by Gasteiger charge is -2.27. The first kappa shape index (κ1) is 17.2. The molecule has 0 bridgehead atoms. The topological polar surface area (TPSA) is 40.6 Å². The van der Waals surface area contributed by atoms with Gasteiger partial charge in [0, 0.05) is 35.7 Å². The Morgan fingerprint density at radius 1 is 0.923 bits per heavy atom. The lowest BCUT2D eigenvalue weighted by atomic mass is 10.1. The van der Waals surface area contributed by atoms with Gasteiger partial charge in [-0.1, -0.05) is 12.1 Å². The number of carbonyl (C=O) groups is 2. The molecule has 0 atom stereocenters. The van der Waals surface area contributed by atoms with Gasteiger partial charge in [0.2, 0.25) is 5.91 Å². The molecule has 1 fully saturated rings. The monoisotopic (exact) mass is 366 g/mol. The summed E-state index contributed by atoms with van der Waals surface area (Å²) in [6, 6.07) is 15.6. The quantitative estimate of drug-likeness (QED) is 0.793. The van der Waals surface area contributed by atoms with Gasteiger partial charge in [-0.15, -0.1) is 11.8 Å². The van der Waals surface area contributed by atoms with Gasteiger partial charge >= 0.3 is 0 Å². The van der Waals surface area contributed by atoms with Crippen molar-refractivity contribution in [2.75, 3.05) is 28.6 Å². The van der Waals surface area contributed by atoms with Crippen LogP contribution in [0.3, 0.4) is 0 Å². The average Bonchev–Trinajstić information content (AvgIpc) is 2.90. The summed E-state index contributed by atoms with van der Waals surface area (Å²) in [5, 5.41) is 0. The van der Waals surface area contributed by atoms with Crippen LogP contribution in [0, 0.1) is 0 Å². The van der Waals surface area contributed by atoms with E-state index >= 15 is 0 Å². The van der Waals surface area contributed by atoms with Gasteiger partial charge in [0.15, 0.2) is 0 Å². The van der Waals surface area contributed by atoms with Crippen molar-refractivity contribution < 1.29 is 9.59 Å². The highest BCUT2D eigenvalue weighted by Crippen LogP contribution is 2.34. The molecule has 0 spiro atoms. The van der Waals surface area contributed by atoms with Crippen molar-refractivity contribution in [3.05, 3.63) is 54.1 Å². The maximum absolute atomic E-state index is 13.1. The SMILES string of the molecule is O=C1CCCCN1c1ccc(C(=O)N2CCCSc3ccccc32)cc1. The van der Waals surface area contributed by atoms with Crippen LogP contribution in [0.1, 0.15) is 36.0 Å². The molecule has 0 N–H and O–H groups in total. The zero-order chi connectivity index (χ0) is 17.9. The number of hydrogen-bond donors (Lipinski definition) is 0. The molecule has 2 heterocycles. The molecule has 0 unspecified atom stereocenters. The van der Waals surface area contributed by atoms with Crippen LogP contribution in [0.15, 0.2) is 53.4 Å². The molecule has 0 saturated carbocycles. The second-order valence-electron chi connectivity index (χ2n) is 6.68. The van der Waals surface area contributed by atoms with Crippen molar-refractivity contribution in [3.8, 4) is 0 Å². The lowest BCUT2D eigenvalue weighted by Crippen LogP contribution is -2.35. The number of carbonyl (C=O) groups excluding carboxylic acids is 2. The standard InChI is InChI=1S/C21H22N2O2S/c24-20-8-3-4-13-22(20)17-11-9-16(10-12-17)21(25)23-14-5-15-26-19-7-2-1-6-18(19)23/h1-2,6-7,9-12H,3-5,8,13-15H2. The predicted octanol–water partition coefficient (Wildman–Crippen LogP) is 4.35. The molecule has 2 aliphatic rings. The second-order valence-corrected chi connectivity index (χ2v) is 7.81. The summed E-state index contributed by atoms with van der Waals surface area (Å²) < 4.78 is 0. The molecule has 4 nitrogen and oxygen atoms in total. The average molecular weight is 366 g/mol. The van der Waals surface area contributed by atoms with Gasteiger partial charge in [-0.2, -0.15) is 0 Å². The normalized spacial score (nSPS) is 17.6. The smallest absolute Gasteiger partial charge is 0.258 e. The fourth-order valence-electron chi connectivity index (χ4n) is 3.56. The zero-order valence-corrected chi connectivity index (χ0v) is 15.5. The summed E-state index contributed by atoms with van der Waals surface area (Å²) in [4.78, 5) is 30.1. The Bertz CT molecular complexity index is 819. The van der Waals surface area contributed by atoms with Crippen LogP contribution in [-0.2, 0) is 4.79 Å². The van der Waals surface area contributed by atoms with Gasteiger partial charge in [0.1, 0.15) is 0 Å². The van der Waals surface area contributed by atoms with Gasteiger partial charge < -0.3 is 9.80 Å². The van der Waals surface area contributed by atoms with Gasteiger partial charge in [0.05, 0.1) is 5.69 Å². The summed E-state index contributed by atoms with van der Waals surface area (Å²) in [5.74, 6) is 1.22. The Hall–Kier alpha value is -2.27. The maximum atomic E-state index is 13.1. The van der Waals surface area contributed by atoms with Crippen LogP contribution in [0.2, 0.25) is 0 Å². The Morgan fingerprint density at radius 3 is 2.54 bits per heavy atom. The van der Waals surface area contributed by atoms with Crippen LogP contribution in [0.4, 0.5) is 11.4 Å². The van der Waals surface area contributed by atoms with E-state index in [1.807, 2.05) is 64.0 Å². The van der Waals surface area contributed by atoms with Gasteiger partial charge in [-0.05, 0) is 61.4 Å². The molecule has 2 amide bonds. The molecular weight excluding hydrogens is 344 g/mol. The highest BCUT2D eigenvalue weighted by molar-refractivity contribution is 7.99. The third-order valence-electron chi connectivity index (χ3n) is 4.93. The van der Waals surface area contributed by atoms with Crippen molar-refractivity contribution in [3.63, 3.8) is 0 Å². The van der Waals surface area contributed by atoms with E-state index in [1.54, 1.807) is 0 Å². The van der Waals surface area contributed by atoms with E-state index in [4.69, 9.17) is 0 Å². The van der Waals surface area contributed by atoms with Crippen LogP contribution >= 0.6 is 11.8 Å². The number of anilines is 2. The number of piperidine rings is 1. The number of para-hydroxylation sites is 1. The zero-order valence-electron chi connectivity index (χ0n) is 14.7. The Balaban J connectivity index is 1.58. The summed E-state index contributed by atoms with van der Waals surface area (Å²) in [5.41, 5.74) is 2.55. The van der Waals surface area contributed by atoms with E-state index in [9.17, 15) is 9.59 Å². The fraction of sp³-hybridized carbons (Fsp3) is 0.333. The second kappa shape index (κ2) is 7.54. The minimum absolute atomic E-state index is 0.0245. The Kier molecular flexibility index (Phi) is 4.98. The van der Waals surface area contributed by atoms with Crippen LogP contribution in [0.25, 0.3) is 0 Å². The minimum atomic E-state index is 0.0245. The number of nitrogens with zero attached hydrogens (tertiary/aromatic N) is 2. The molecule has 0 radical (unpaired) electrons. The third-order valence-corrected chi connectivity index (χ3v) is 6.08. The first-order valence-electron chi connectivity index (χ1n) is 9.18. The molecule has 2 aromatic carbocycles.